The summed E-state index contributed by atoms with van der Waals surface area (Å²) in [5, 5.41) is 10.7. The van der Waals surface area contributed by atoms with Gasteiger partial charge in [0.25, 0.3) is 17.5 Å². The highest BCUT2D eigenvalue weighted by Crippen LogP contribution is 2.15. The van der Waals surface area contributed by atoms with Crippen molar-refractivity contribution >= 4 is 23.6 Å². The van der Waals surface area contributed by atoms with E-state index in [-0.39, 0.29) is 12.3 Å². The summed E-state index contributed by atoms with van der Waals surface area (Å²) in [6, 6.07) is 13.1. The Labute approximate surface area is 149 Å². The fourth-order valence-corrected chi connectivity index (χ4v) is 1.98. The number of ether oxygens (including phenoxy) is 1. The zero-order chi connectivity index (χ0) is 18.9. The highest BCUT2D eigenvalue weighted by molar-refractivity contribution is 5.93. The van der Waals surface area contributed by atoms with Crippen molar-refractivity contribution in [2.45, 2.75) is 6.92 Å². The van der Waals surface area contributed by atoms with Crippen LogP contribution in [0.1, 0.15) is 11.1 Å². The Bertz CT molecular complexity index is 848. The highest BCUT2D eigenvalue weighted by Gasteiger charge is 2.06. The van der Waals surface area contributed by atoms with Crippen LogP contribution in [-0.4, -0.2) is 23.3 Å². The highest BCUT2D eigenvalue weighted by atomic mass is 16.6. The van der Waals surface area contributed by atoms with E-state index < -0.39 is 16.7 Å². The molecule has 2 aromatic carbocycles. The number of benzene rings is 2. The number of hydrogen-bond donors (Lipinski definition) is 2. The van der Waals surface area contributed by atoms with Gasteiger partial charge in [-0.1, -0.05) is 30.3 Å². The number of carbonyl (C=O) groups excluding carboxylic acids is 2. The van der Waals surface area contributed by atoms with Crippen LogP contribution in [0.25, 0.3) is 6.08 Å². The second-order valence-corrected chi connectivity index (χ2v) is 5.28. The number of para-hydroxylation sites is 1. The van der Waals surface area contributed by atoms with Crippen molar-refractivity contribution in [3.63, 3.8) is 0 Å². The maximum atomic E-state index is 11.7. The number of amides is 2. The van der Waals surface area contributed by atoms with Gasteiger partial charge in [0.05, 0.1) is 4.92 Å². The van der Waals surface area contributed by atoms with Gasteiger partial charge in [0.2, 0.25) is 0 Å². The summed E-state index contributed by atoms with van der Waals surface area (Å²) in [4.78, 5) is 33.5. The molecule has 8 nitrogen and oxygen atoms in total. The van der Waals surface area contributed by atoms with E-state index in [1.807, 2.05) is 19.1 Å². The van der Waals surface area contributed by atoms with Crippen LogP contribution in [0.3, 0.4) is 0 Å². The van der Waals surface area contributed by atoms with Gasteiger partial charge in [-0.15, -0.1) is 0 Å². The van der Waals surface area contributed by atoms with E-state index in [4.69, 9.17) is 4.74 Å². The number of nitrogens with one attached hydrogen (secondary N) is 2. The molecule has 134 valence electrons. The van der Waals surface area contributed by atoms with E-state index in [2.05, 4.69) is 10.9 Å². The Morgan fingerprint density at radius 3 is 2.65 bits per heavy atom. The predicted molar refractivity (Wildman–Crippen MR) is 95.1 cm³/mol. The van der Waals surface area contributed by atoms with E-state index >= 15 is 0 Å². The SMILES string of the molecule is Cc1ccccc1OCC(=O)NNC(=O)/C=C/c1cccc([N+](=O)[O-])c1. The number of non-ortho nitro benzene ring substituents is 1. The molecule has 0 saturated carbocycles. The van der Waals surface area contributed by atoms with E-state index in [1.165, 1.54) is 24.3 Å². The number of rotatable bonds is 6. The molecule has 0 aliphatic carbocycles. The summed E-state index contributed by atoms with van der Waals surface area (Å²) in [5.74, 6) is -0.523. The normalized spacial score (nSPS) is 10.3. The van der Waals surface area contributed by atoms with Gasteiger partial charge in [-0.25, -0.2) is 0 Å². The summed E-state index contributed by atoms with van der Waals surface area (Å²) in [7, 11) is 0. The fourth-order valence-electron chi connectivity index (χ4n) is 1.98. The van der Waals surface area contributed by atoms with Crippen LogP contribution >= 0.6 is 0 Å². The second-order valence-electron chi connectivity index (χ2n) is 5.28. The van der Waals surface area contributed by atoms with Gasteiger partial charge in [-0.2, -0.15) is 0 Å². The Hall–Kier alpha value is -3.68. The van der Waals surface area contributed by atoms with Crippen molar-refractivity contribution in [2.24, 2.45) is 0 Å². The molecule has 2 N–H and O–H groups in total. The molecule has 0 aliphatic heterocycles. The third-order valence-corrected chi connectivity index (χ3v) is 3.29. The summed E-state index contributed by atoms with van der Waals surface area (Å²) in [6.45, 7) is 1.60. The van der Waals surface area contributed by atoms with Gasteiger partial charge in [0, 0.05) is 18.2 Å². The summed E-state index contributed by atoms with van der Waals surface area (Å²) in [5.41, 5.74) is 5.72. The van der Waals surface area contributed by atoms with Crippen molar-refractivity contribution in [3.05, 3.63) is 75.8 Å². The van der Waals surface area contributed by atoms with E-state index in [0.717, 1.165) is 11.6 Å². The van der Waals surface area contributed by atoms with Crippen LogP contribution < -0.4 is 15.6 Å². The van der Waals surface area contributed by atoms with Crippen LogP contribution in [0.4, 0.5) is 5.69 Å². The molecule has 2 rings (SSSR count). The van der Waals surface area contributed by atoms with Gasteiger partial charge >= 0.3 is 0 Å². The lowest BCUT2D eigenvalue weighted by Crippen LogP contribution is -2.43. The zero-order valence-corrected chi connectivity index (χ0v) is 14.0. The molecule has 0 unspecified atom stereocenters. The van der Waals surface area contributed by atoms with Gasteiger partial charge in [0.15, 0.2) is 6.61 Å². The lowest BCUT2D eigenvalue weighted by atomic mass is 10.2. The fraction of sp³-hybridized carbons (Fsp3) is 0.111. The molecule has 0 saturated heterocycles. The molecular weight excluding hydrogens is 338 g/mol. The van der Waals surface area contributed by atoms with Gasteiger partial charge in [0.1, 0.15) is 5.75 Å². The Kier molecular flexibility index (Phi) is 6.44. The Balaban J connectivity index is 1.79. The van der Waals surface area contributed by atoms with E-state index in [1.54, 1.807) is 18.2 Å². The first-order valence-electron chi connectivity index (χ1n) is 7.65. The number of nitro benzene ring substituents is 1. The van der Waals surface area contributed by atoms with Crippen molar-refractivity contribution in [1.82, 2.24) is 10.9 Å². The Morgan fingerprint density at radius 2 is 1.92 bits per heavy atom. The van der Waals surface area contributed by atoms with E-state index in [0.29, 0.717) is 11.3 Å². The molecule has 0 heterocycles. The summed E-state index contributed by atoms with van der Waals surface area (Å²) < 4.78 is 5.35. The number of nitrogens with zero attached hydrogens (tertiary/aromatic N) is 1. The monoisotopic (exact) mass is 355 g/mol. The van der Waals surface area contributed by atoms with Crippen LogP contribution in [0.5, 0.6) is 5.75 Å². The minimum atomic E-state index is -0.583. The number of carbonyl (C=O) groups is 2. The van der Waals surface area contributed by atoms with Crippen molar-refractivity contribution < 1.29 is 19.2 Å². The number of hydrazine groups is 1. The number of aryl methyl sites for hydroxylation is 1. The van der Waals surface area contributed by atoms with Crippen molar-refractivity contribution in [3.8, 4) is 5.75 Å². The van der Waals surface area contributed by atoms with E-state index in [9.17, 15) is 19.7 Å². The molecule has 0 spiro atoms. The van der Waals surface area contributed by atoms with Crippen LogP contribution in [0, 0.1) is 17.0 Å². The first kappa shape index (κ1) is 18.7. The predicted octanol–water partition coefficient (Wildman–Crippen LogP) is 2.14. The van der Waals surface area contributed by atoms with Crippen LogP contribution in [0.15, 0.2) is 54.6 Å². The van der Waals surface area contributed by atoms with Crippen LogP contribution in [-0.2, 0) is 9.59 Å². The third-order valence-electron chi connectivity index (χ3n) is 3.29. The van der Waals surface area contributed by atoms with Crippen molar-refractivity contribution in [2.75, 3.05) is 6.61 Å². The molecule has 2 amide bonds. The first-order chi connectivity index (χ1) is 12.5. The molecule has 0 atom stereocenters. The van der Waals surface area contributed by atoms with Crippen molar-refractivity contribution in [1.29, 1.82) is 0 Å². The van der Waals surface area contributed by atoms with Gasteiger partial charge in [-0.3, -0.25) is 30.6 Å². The summed E-state index contributed by atoms with van der Waals surface area (Å²) >= 11 is 0. The lowest BCUT2D eigenvalue weighted by molar-refractivity contribution is -0.384. The average Bonchev–Trinajstić information content (AvgIpc) is 2.64. The smallest absolute Gasteiger partial charge is 0.276 e. The standard InChI is InChI=1S/C18H17N3O5/c1-13-5-2-3-8-16(13)26-12-18(23)20-19-17(22)10-9-14-6-4-7-15(11-14)21(24)25/h2-11H,12H2,1H3,(H,19,22)(H,20,23)/b10-9+. The molecule has 0 radical (unpaired) electrons. The zero-order valence-electron chi connectivity index (χ0n) is 14.0. The quantitative estimate of drug-likeness (QED) is 0.468. The molecule has 0 bridgehead atoms. The van der Waals surface area contributed by atoms with Crippen LogP contribution in [0.2, 0.25) is 0 Å². The Morgan fingerprint density at radius 1 is 1.15 bits per heavy atom. The maximum Gasteiger partial charge on any atom is 0.276 e. The largest absolute Gasteiger partial charge is 0.483 e. The first-order valence-corrected chi connectivity index (χ1v) is 7.65. The molecule has 8 heteroatoms. The molecule has 0 aliphatic rings. The molecule has 0 fully saturated rings. The van der Waals surface area contributed by atoms with Gasteiger partial charge in [-0.05, 0) is 30.2 Å². The minimum absolute atomic E-state index is 0.0748. The number of hydrogen-bond acceptors (Lipinski definition) is 5. The molecule has 2 aromatic rings. The average molecular weight is 355 g/mol. The minimum Gasteiger partial charge on any atom is -0.483 e. The topological polar surface area (TPSA) is 111 Å². The molecule has 0 aromatic heterocycles. The maximum absolute atomic E-state index is 11.7. The second kappa shape index (κ2) is 8.97. The van der Waals surface area contributed by atoms with Gasteiger partial charge < -0.3 is 4.74 Å². The third kappa shape index (κ3) is 5.75. The molecular formula is C18H17N3O5. The lowest BCUT2D eigenvalue weighted by Gasteiger charge is -2.09. The number of nitro groups is 1. The molecule has 26 heavy (non-hydrogen) atoms. The summed E-state index contributed by atoms with van der Waals surface area (Å²) in [6.07, 6.45) is 2.56.